The molecule has 1 atom stereocenters. The molecular weight excluding hydrogens is 402 g/mol. The van der Waals surface area contributed by atoms with Gasteiger partial charge in [-0.1, -0.05) is 30.0 Å². The van der Waals surface area contributed by atoms with Crippen molar-refractivity contribution in [2.45, 2.75) is 17.3 Å². The number of benzene rings is 2. The molecule has 8 nitrogen and oxygen atoms in total. The highest BCUT2D eigenvalue weighted by atomic mass is 32.2. The SMILES string of the molecule is COc1ccc(NC(=O)[C@H](C)Sc2nc3c(cnn3-c3ccccc3)c(=O)[nH]2)cc1. The van der Waals surface area contributed by atoms with Crippen LogP contribution in [-0.4, -0.2) is 38.0 Å². The van der Waals surface area contributed by atoms with Crippen LogP contribution in [0.1, 0.15) is 6.92 Å². The van der Waals surface area contributed by atoms with Crippen molar-refractivity contribution in [3.63, 3.8) is 0 Å². The summed E-state index contributed by atoms with van der Waals surface area (Å²) in [5, 5.41) is 7.38. The number of methoxy groups -OCH3 is 1. The van der Waals surface area contributed by atoms with Crippen LogP contribution in [0.25, 0.3) is 16.7 Å². The first-order valence-electron chi connectivity index (χ1n) is 9.20. The third kappa shape index (κ3) is 4.06. The second-order valence-electron chi connectivity index (χ2n) is 6.48. The zero-order valence-corrected chi connectivity index (χ0v) is 17.1. The van der Waals surface area contributed by atoms with Crippen LogP contribution in [0.15, 0.2) is 70.7 Å². The lowest BCUT2D eigenvalue weighted by Crippen LogP contribution is -2.23. The van der Waals surface area contributed by atoms with E-state index < -0.39 is 5.25 Å². The lowest BCUT2D eigenvalue weighted by molar-refractivity contribution is -0.115. The summed E-state index contributed by atoms with van der Waals surface area (Å²) in [4.78, 5) is 32.3. The number of para-hydroxylation sites is 1. The fraction of sp³-hybridized carbons (Fsp3) is 0.143. The number of aromatic nitrogens is 4. The summed E-state index contributed by atoms with van der Waals surface area (Å²) in [7, 11) is 1.58. The maximum Gasteiger partial charge on any atom is 0.262 e. The quantitative estimate of drug-likeness (QED) is 0.366. The highest BCUT2D eigenvalue weighted by Gasteiger charge is 2.18. The molecule has 9 heteroatoms. The predicted octanol–water partition coefficient (Wildman–Crippen LogP) is 3.24. The van der Waals surface area contributed by atoms with Gasteiger partial charge in [-0.2, -0.15) is 5.10 Å². The Bertz CT molecular complexity index is 1240. The largest absolute Gasteiger partial charge is 0.497 e. The number of hydrogen-bond acceptors (Lipinski definition) is 6. The summed E-state index contributed by atoms with van der Waals surface area (Å²) in [5.74, 6) is 0.505. The molecule has 2 heterocycles. The van der Waals surface area contributed by atoms with Crippen molar-refractivity contribution < 1.29 is 9.53 Å². The Morgan fingerprint density at radius 2 is 1.90 bits per heavy atom. The van der Waals surface area contributed by atoms with Gasteiger partial charge in [-0.05, 0) is 43.3 Å². The minimum Gasteiger partial charge on any atom is -0.497 e. The first-order valence-corrected chi connectivity index (χ1v) is 10.1. The average molecular weight is 421 g/mol. The van der Waals surface area contributed by atoms with E-state index in [0.29, 0.717) is 27.6 Å². The van der Waals surface area contributed by atoms with Crippen LogP contribution in [-0.2, 0) is 4.79 Å². The smallest absolute Gasteiger partial charge is 0.262 e. The second kappa shape index (κ2) is 8.42. The molecule has 0 radical (unpaired) electrons. The van der Waals surface area contributed by atoms with Crippen LogP contribution in [0, 0.1) is 0 Å². The van der Waals surface area contributed by atoms with Crippen LogP contribution in [0.4, 0.5) is 5.69 Å². The Labute approximate surface area is 176 Å². The van der Waals surface area contributed by atoms with Crippen LogP contribution in [0.3, 0.4) is 0 Å². The van der Waals surface area contributed by atoms with Crippen LogP contribution < -0.4 is 15.6 Å². The third-order valence-electron chi connectivity index (χ3n) is 4.43. The molecule has 0 bridgehead atoms. The molecule has 152 valence electrons. The van der Waals surface area contributed by atoms with E-state index in [-0.39, 0.29) is 11.5 Å². The van der Waals surface area contributed by atoms with Crippen molar-refractivity contribution in [3.05, 3.63) is 71.1 Å². The van der Waals surface area contributed by atoms with Crippen molar-refractivity contribution in [2.24, 2.45) is 0 Å². The van der Waals surface area contributed by atoms with E-state index in [0.717, 1.165) is 5.69 Å². The molecule has 0 unspecified atom stereocenters. The van der Waals surface area contributed by atoms with E-state index in [1.165, 1.54) is 18.0 Å². The zero-order valence-electron chi connectivity index (χ0n) is 16.3. The molecule has 0 fully saturated rings. The Morgan fingerprint density at radius 1 is 1.17 bits per heavy atom. The topological polar surface area (TPSA) is 102 Å². The highest BCUT2D eigenvalue weighted by Crippen LogP contribution is 2.23. The standard InChI is InChI=1S/C21H19N5O3S/c1-13(19(27)23-14-8-10-16(29-2)11-9-14)30-21-24-18-17(20(28)25-21)12-22-26(18)15-6-4-3-5-7-15/h3-13H,1-2H3,(H,23,27)(H,24,25,28)/t13-/m0/s1. The van der Waals surface area contributed by atoms with Gasteiger partial charge in [0.25, 0.3) is 5.56 Å². The summed E-state index contributed by atoms with van der Waals surface area (Å²) in [6.07, 6.45) is 1.49. The number of carbonyl (C=O) groups is 1. The average Bonchev–Trinajstić information content (AvgIpc) is 3.19. The molecule has 4 aromatic rings. The lowest BCUT2D eigenvalue weighted by atomic mass is 10.3. The normalized spacial score (nSPS) is 11.9. The van der Waals surface area contributed by atoms with Crippen molar-refractivity contribution in [1.29, 1.82) is 0 Å². The lowest BCUT2D eigenvalue weighted by Gasteiger charge is -2.12. The maximum absolute atomic E-state index is 12.6. The highest BCUT2D eigenvalue weighted by molar-refractivity contribution is 8.00. The molecule has 2 aromatic heterocycles. The number of aromatic amines is 1. The Morgan fingerprint density at radius 3 is 2.60 bits per heavy atom. The summed E-state index contributed by atoms with van der Waals surface area (Å²) in [6, 6.07) is 16.5. The fourth-order valence-corrected chi connectivity index (χ4v) is 3.64. The van der Waals surface area contributed by atoms with Gasteiger partial charge in [0.05, 0.1) is 24.2 Å². The van der Waals surface area contributed by atoms with Gasteiger partial charge in [0.1, 0.15) is 11.1 Å². The summed E-state index contributed by atoms with van der Waals surface area (Å²) in [6.45, 7) is 1.75. The number of fused-ring (bicyclic) bond motifs is 1. The molecule has 0 saturated carbocycles. The van der Waals surface area contributed by atoms with Gasteiger partial charge in [-0.25, -0.2) is 9.67 Å². The number of nitrogens with one attached hydrogen (secondary N) is 2. The van der Waals surface area contributed by atoms with Gasteiger partial charge in [0.15, 0.2) is 10.8 Å². The number of anilines is 1. The number of hydrogen-bond donors (Lipinski definition) is 2. The monoisotopic (exact) mass is 421 g/mol. The predicted molar refractivity (Wildman–Crippen MR) is 116 cm³/mol. The van der Waals surface area contributed by atoms with E-state index in [4.69, 9.17) is 4.74 Å². The van der Waals surface area contributed by atoms with Gasteiger partial charge in [-0.15, -0.1) is 0 Å². The fourth-order valence-electron chi connectivity index (χ4n) is 2.85. The number of H-pyrrole nitrogens is 1. The molecule has 0 aliphatic carbocycles. The molecule has 0 saturated heterocycles. The van der Waals surface area contributed by atoms with Crippen LogP contribution in [0.5, 0.6) is 5.75 Å². The number of amides is 1. The van der Waals surface area contributed by atoms with E-state index in [1.807, 2.05) is 30.3 Å². The molecule has 0 aliphatic rings. The molecule has 2 aromatic carbocycles. The number of nitrogens with zero attached hydrogens (tertiary/aromatic N) is 3. The molecule has 4 rings (SSSR count). The van der Waals surface area contributed by atoms with E-state index in [2.05, 4.69) is 20.4 Å². The van der Waals surface area contributed by atoms with E-state index in [9.17, 15) is 9.59 Å². The third-order valence-corrected chi connectivity index (χ3v) is 5.42. The van der Waals surface area contributed by atoms with Crippen LogP contribution in [0.2, 0.25) is 0 Å². The zero-order chi connectivity index (χ0) is 21.1. The maximum atomic E-state index is 12.6. The van der Waals surface area contributed by atoms with Crippen molar-refractivity contribution in [1.82, 2.24) is 19.7 Å². The molecule has 30 heavy (non-hydrogen) atoms. The Hall–Kier alpha value is -3.59. The summed E-state index contributed by atoms with van der Waals surface area (Å²) in [5.41, 5.74) is 1.60. The van der Waals surface area contributed by atoms with Gasteiger partial charge in [0.2, 0.25) is 5.91 Å². The molecular formula is C21H19N5O3S. The minimum absolute atomic E-state index is 0.204. The van der Waals surface area contributed by atoms with Crippen molar-refractivity contribution in [2.75, 3.05) is 12.4 Å². The summed E-state index contributed by atoms with van der Waals surface area (Å²) >= 11 is 1.17. The Kier molecular flexibility index (Phi) is 5.53. The van der Waals surface area contributed by atoms with Gasteiger partial charge < -0.3 is 15.0 Å². The first kappa shape index (κ1) is 19.7. The second-order valence-corrected chi connectivity index (χ2v) is 7.81. The van der Waals surface area contributed by atoms with Gasteiger partial charge >= 0.3 is 0 Å². The van der Waals surface area contributed by atoms with Crippen LogP contribution >= 0.6 is 11.8 Å². The first-order chi connectivity index (χ1) is 14.5. The van der Waals surface area contributed by atoms with Crippen molar-refractivity contribution >= 4 is 34.4 Å². The number of ether oxygens (including phenoxy) is 1. The number of thioether (sulfide) groups is 1. The van der Waals surface area contributed by atoms with Crippen molar-refractivity contribution in [3.8, 4) is 11.4 Å². The summed E-state index contributed by atoms with van der Waals surface area (Å²) < 4.78 is 6.72. The van der Waals surface area contributed by atoms with E-state index in [1.54, 1.807) is 43.0 Å². The number of rotatable bonds is 6. The van der Waals surface area contributed by atoms with E-state index >= 15 is 0 Å². The molecule has 2 N–H and O–H groups in total. The number of carbonyl (C=O) groups excluding carboxylic acids is 1. The minimum atomic E-state index is -0.485. The van der Waals surface area contributed by atoms with Gasteiger partial charge in [0, 0.05) is 5.69 Å². The molecule has 0 spiro atoms. The Balaban J connectivity index is 1.55. The molecule has 0 aliphatic heterocycles. The van der Waals surface area contributed by atoms with Gasteiger partial charge in [-0.3, -0.25) is 9.59 Å². The molecule has 1 amide bonds.